The van der Waals surface area contributed by atoms with Crippen LogP contribution >= 0.6 is 23.1 Å². The molecule has 0 saturated heterocycles. The molecule has 496 valence electrons. The van der Waals surface area contributed by atoms with Gasteiger partial charge in [0.25, 0.3) is 0 Å². The first kappa shape index (κ1) is 62.9. The molecule has 0 atom stereocenters. The lowest BCUT2D eigenvalue weighted by atomic mass is 9.82. The van der Waals surface area contributed by atoms with Crippen molar-refractivity contribution in [2.45, 2.75) is 19.3 Å². The van der Waals surface area contributed by atoms with Crippen molar-refractivity contribution in [2.75, 3.05) is 9.80 Å². The largest absolute Gasteiger partial charge is 0.310 e. The summed E-state index contributed by atoms with van der Waals surface area (Å²) in [6.07, 6.45) is 7.71. The minimum atomic E-state index is -0.136. The van der Waals surface area contributed by atoms with Gasteiger partial charge in [-0.1, -0.05) is 238 Å². The van der Waals surface area contributed by atoms with Gasteiger partial charge in [-0.3, -0.25) is 9.97 Å². The predicted molar refractivity (Wildman–Crippen MR) is 437 cm³/mol. The number of anilines is 6. The standard InChI is InChI=1S/C95H64N8S2/c1-95(2)89-30-14-13-28-86(89)87-50-48-78(56-90(87)95)102(75-42-35-63(36-43-75)61-17-5-3-6-18-61)76-44-37-66(38-45-76)91-98-93(104-100-91)72-41-49-83-70(52-72)24-16-29-81(83)65-33-31-64(32-34-65)68-22-15-23-69(51-68)74-54-80(60-97-58-74)103(79-53-73(57-96-59-79)62-19-7-4-8-20-62)77-46-39-67(40-47-77)92-99-94(105-101-92)88-55-71-21-9-10-25-82(71)84-26-11-12-27-85(84)88/h3-60H,1-2H3. The number of hydrogen-bond acceptors (Lipinski definition) is 10. The molecule has 0 fully saturated rings. The summed E-state index contributed by atoms with van der Waals surface area (Å²) < 4.78 is 9.88. The Morgan fingerprint density at radius 2 is 0.695 bits per heavy atom. The number of rotatable bonds is 15. The van der Waals surface area contributed by atoms with E-state index in [-0.39, 0.29) is 5.41 Å². The van der Waals surface area contributed by atoms with Crippen LogP contribution in [0.25, 0.3) is 143 Å². The molecule has 14 aromatic carbocycles. The van der Waals surface area contributed by atoms with Crippen molar-refractivity contribution in [1.82, 2.24) is 28.7 Å². The Morgan fingerprint density at radius 3 is 1.38 bits per heavy atom. The highest BCUT2D eigenvalue weighted by molar-refractivity contribution is 7.09. The molecule has 0 N–H and O–H groups in total. The van der Waals surface area contributed by atoms with Crippen molar-refractivity contribution >= 4 is 89.5 Å². The molecule has 8 nitrogen and oxygen atoms in total. The van der Waals surface area contributed by atoms with E-state index >= 15 is 0 Å². The summed E-state index contributed by atoms with van der Waals surface area (Å²) in [7, 11) is 0. The molecular formula is C95H64N8S2. The summed E-state index contributed by atoms with van der Waals surface area (Å²) in [5, 5.41) is 8.84. The second-order valence-electron chi connectivity index (χ2n) is 27.2. The summed E-state index contributed by atoms with van der Waals surface area (Å²) in [5.74, 6) is 1.39. The molecule has 4 heterocycles. The molecule has 0 radical (unpaired) electrons. The number of aromatic nitrogens is 6. The first-order chi connectivity index (χ1) is 51.8. The summed E-state index contributed by atoms with van der Waals surface area (Å²) in [6.45, 7) is 4.68. The van der Waals surface area contributed by atoms with E-state index < -0.39 is 0 Å². The van der Waals surface area contributed by atoms with Crippen molar-refractivity contribution in [1.29, 1.82) is 0 Å². The van der Waals surface area contributed by atoms with Crippen LogP contribution in [-0.4, -0.2) is 28.7 Å². The second kappa shape index (κ2) is 26.4. The van der Waals surface area contributed by atoms with E-state index in [0.29, 0.717) is 11.6 Å². The molecule has 0 spiro atoms. The van der Waals surface area contributed by atoms with Crippen molar-refractivity contribution in [3.8, 4) is 111 Å². The van der Waals surface area contributed by atoms with Crippen LogP contribution in [-0.2, 0) is 5.41 Å². The van der Waals surface area contributed by atoms with E-state index in [2.05, 4.69) is 345 Å². The maximum absolute atomic E-state index is 5.17. The van der Waals surface area contributed by atoms with Crippen LogP contribution in [0.15, 0.2) is 352 Å². The van der Waals surface area contributed by atoms with E-state index in [1.165, 1.54) is 83.6 Å². The first-order valence-electron chi connectivity index (χ1n) is 35.3. The number of nitrogens with zero attached hydrogens (tertiary/aromatic N) is 8. The molecule has 0 aliphatic heterocycles. The Morgan fingerprint density at radius 1 is 0.248 bits per heavy atom. The monoisotopic (exact) mass is 1380 g/mol. The average molecular weight is 1380 g/mol. The van der Waals surface area contributed by atoms with Gasteiger partial charge in [0.2, 0.25) is 0 Å². The molecule has 0 amide bonds. The van der Waals surface area contributed by atoms with Gasteiger partial charge >= 0.3 is 0 Å². The van der Waals surface area contributed by atoms with Crippen LogP contribution in [0.2, 0.25) is 0 Å². The SMILES string of the molecule is CC1(C)c2ccccc2-c2ccc(N(c3ccc(-c4ccccc4)cc3)c3ccc(-c4nsc(-c5ccc6c(-c7ccc(-c8cccc(-c9cncc(N(c%10ccc(-c%11nsc(-c%12cc%13ccccc%13c%13ccccc%12%13)n%11)cc%10)c%10cncc(-c%11ccccc%11)c%10)c9)c8)cc7)cccc6c5)n4)cc3)cc21. The fourth-order valence-corrected chi connectivity index (χ4v) is 16.6. The molecule has 1 aliphatic carbocycles. The topological polar surface area (TPSA) is 83.8 Å². The normalized spacial score (nSPS) is 12.2. The Hall–Kier alpha value is -13.1. The van der Waals surface area contributed by atoms with E-state index in [4.69, 9.17) is 28.7 Å². The Labute approximate surface area is 617 Å². The van der Waals surface area contributed by atoms with Crippen LogP contribution in [0.3, 0.4) is 0 Å². The molecule has 19 rings (SSSR count). The maximum atomic E-state index is 5.17. The third-order valence-electron chi connectivity index (χ3n) is 20.6. The second-order valence-corrected chi connectivity index (χ2v) is 28.7. The molecule has 1 aliphatic rings. The predicted octanol–water partition coefficient (Wildman–Crippen LogP) is 25.9. The summed E-state index contributed by atoms with van der Waals surface area (Å²) in [5.41, 5.74) is 26.2. The molecular weight excluding hydrogens is 1320 g/mol. The maximum Gasteiger partial charge on any atom is 0.173 e. The molecule has 0 saturated carbocycles. The van der Waals surface area contributed by atoms with Crippen molar-refractivity contribution < 1.29 is 0 Å². The lowest BCUT2D eigenvalue weighted by Crippen LogP contribution is -2.16. The van der Waals surface area contributed by atoms with Crippen LogP contribution in [0.1, 0.15) is 25.0 Å². The highest BCUT2D eigenvalue weighted by Crippen LogP contribution is 2.51. The van der Waals surface area contributed by atoms with Crippen LogP contribution in [0.5, 0.6) is 0 Å². The minimum Gasteiger partial charge on any atom is -0.310 e. The van der Waals surface area contributed by atoms with Gasteiger partial charge in [0, 0.05) is 73.9 Å². The van der Waals surface area contributed by atoms with E-state index in [1.54, 1.807) is 0 Å². The van der Waals surface area contributed by atoms with Crippen LogP contribution in [0, 0.1) is 0 Å². The molecule has 18 aromatic rings. The molecule has 105 heavy (non-hydrogen) atoms. The van der Waals surface area contributed by atoms with E-state index in [1.807, 2.05) is 30.9 Å². The van der Waals surface area contributed by atoms with E-state index in [9.17, 15) is 0 Å². The van der Waals surface area contributed by atoms with Gasteiger partial charge in [0.05, 0.1) is 23.8 Å². The quantitative estimate of drug-likeness (QED) is 0.0939. The number of pyridine rings is 2. The lowest BCUT2D eigenvalue weighted by Gasteiger charge is -2.28. The molecule has 10 heteroatoms. The summed E-state index contributed by atoms with van der Waals surface area (Å²) >= 11 is 2.86. The fourth-order valence-electron chi connectivity index (χ4n) is 15.3. The Balaban J connectivity index is 0.576. The molecule has 0 bridgehead atoms. The van der Waals surface area contributed by atoms with E-state index in [0.717, 1.165) is 116 Å². The summed E-state index contributed by atoms with van der Waals surface area (Å²) in [6, 6.07) is 117. The highest BCUT2D eigenvalue weighted by Gasteiger charge is 2.36. The molecule has 0 unspecified atom stereocenters. The van der Waals surface area contributed by atoms with Gasteiger partial charge in [0.15, 0.2) is 11.6 Å². The number of fused-ring (bicyclic) bond motifs is 7. The van der Waals surface area contributed by atoms with Crippen molar-refractivity contribution in [3.63, 3.8) is 0 Å². The fraction of sp³-hybridized carbons (Fsp3) is 0.0316. The lowest BCUT2D eigenvalue weighted by molar-refractivity contribution is 0.660. The zero-order valence-electron chi connectivity index (χ0n) is 57.4. The third kappa shape index (κ3) is 11.7. The van der Waals surface area contributed by atoms with Crippen LogP contribution in [0.4, 0.5) is 34.1 Å². The van der Waals surface area contributed by atoms with Gasteiger partial charge in [-0.2, -0.15) is 8.75 Å². The summed E-state index contributed by atoms with van der Waals surface area (Å²) in [4.78, 5) is 24.6. The first-order valence-corrected chi connectivity index (χ1v) is 36.8. The third-order valence-corrected chi connectivity index (χ3v) is 22.1. The van der Waals surface area contributed by atoms with Gasteiger partial charge in [-0.05, 0) is 225 Å². The van der Waals surface area contributed by atoms with Crippen molar-refractivity contribution in [2.24, 2.45) is 0 Å². The van der Waals surface area contributed by atoms with Crippen molar-refractivity contribution in [3.05, 3.63) is 363 Å². The zero-order valence-corrected chi connectivity index (χ0v) is 59.0. The van der Waals surface area contributed by atoms with Gasteiger partial charge in [-0.15, -0.1) is 0 Å². The van der Waals surface area contributed by atoms with Gasteiger partial charge in [0.1, 0.15) is 10.0 Å². The Kier molecular flexibility index (Phi) is 15.8. The smallest absolute Gasteiger partial charge is 0.173 e. The zero-order chi connectivity index (χ0) is 70.0. The number of benzene rings is 14. The number of hydrogen-bond donors (Lipinski definition) is 0. The minimum absolute atomic E-state index is 0.136. The van der Waals surface area contributed by atoms with Gasteiger partial charge in [-0.25, -0.2) is 9.97 Å². The Bertz CT molecular complexity index is 6310. The van der Waals surface area contributed by atoms with Gasteiger partial charge < -0.3 is 9.80 Å². The van der Waals surface area contributed by atoms with Crippen LogP contribution < -0.4 is 9.80 Å². The molecule has 4 aromatic heterocycles. The highest BCUT2D eigenvalue weighted by atomic mass is 32.1. The average Bonchev–Trinajstić information content (AvgIpc) is 1.49.